The van der Waals surface area contributed by atoms with E-state index in [0.29, 0.717) is 18.1 Å². The van der Waals surface area contributed by atoms with Crippen LogP contribution in [0.15, 0.2) is 0 Å². The molecule has 0 heterocycles. The number of rotatable bonds is 4. The summed E-state index contributed by atoms with van der Waals surface area (Å²) in [4.78, 5) is 0. The minimum absolute atomic E-state index is 0.437. The van der Waals surface area contributed by atoms with Crippen LogP contribution in [-0.4, -0.2) is 18.1 Å². The molecule has 1 aliphatic rings. The molecule has 0 bridgehead atoms. The molecular weight excluding hydrogens is 172 g/mol. The van der Waals surface area contributed by atoms with Crippen LogP contribution < -0.4 is 11.1 Å². The predicted molar refractivity (Wildman–Crippen MR) is 62.3 cm³/mol. The van der Waals surface area contributed by atoms with Gasteiger partial charge in [-0.05, 0) is 38.5 Å². The van der Waals surface area contributed by atoms with Crippen molar-refractivity contribution in [2.24, 2.45) is 11.7 Å². The Hall–Kier alpha value is -0.0800. The molecule has 1 fully saturated rings. The molecule has 84 valence electrons. The van der Waals surface area contributed by atoms with Gasteiger partial charge in [0.15, 0.2) is 0 Å². The zero-order valence-corrected chi connectivity index (χ0v) is 9.92. The third kappa shape index (κ3) is 4.43. The van der Waals surface area contributed by atoms with Crippen LogP contribution >= 0.6 is 0 Å². The summed E-state index contributed by atoms with van der Waals surface area (Å²) in [5, 5.41) is 3.70. The standard InChI is InChI=1S/C12H26N2/c1-9(2)7-10(3)14-12-6-4-5-11(13)8-12/h9-12,14H,4-8,13H2,1-3H3. The van der Waals surface area contributed by atoms with Crippen LogP contribution in [0, 0.1) is 5.92 Å². The van der Waals surface area contributed by atoms with Gasteiger partial charge in [-0.25, -0.2) is 0 Å². The van der Waals surface area contributed by atoms with E-state index >= 15 is 0 Å². The summed E-state index contributed by atoms with van der Waals surface area (Å²) < 4.78 is 0. The van der Waals surface area contributed by atoms with Crippen LogP contribution in [0.1, 0.15) is 52.9 Å². The molecular formula is C12H26N2. The van der Waals surface area contributed by atoms with E-state index in [0.717, 1.165) is 5.92 Å². The van der Waals surface area contributed by atoms with Gasteiger partial charge in [-0.15, -0.1) is 0 Å². The molecule has 0 aromatic carbocycles. The van der Waals surface area contributed by atoms with Gasteiger partial charge < -0.3 is 11.1 Å². The maximum atomic E-state index is 5.96. The third-order valence-corrected chi connectivity index (χ3v) is 3.06. The molecule has 1 rings (SSSR count). The molecule has 2 heteroatoms. The summed E-state index contributed by atoms with van der Waals surface area (Å²) in [5.41, 5.74) is 5.96. The SMILES string of the molecule is CC(C)CC(C)NC1CCCC(N)C1. The Morgan fingerprint density at radius 1 is 1.29 bits per heavy atom. The van der Waals surface area contributed by atoms with E-state index in [2.05, 4.69) is 26.1 Å². The third-order valence-electron chi connectivity index (χ3n) is 3.06. The molecule has 14 heavy (non-hydrogen) atoms. The van der Waals surface area contributed by atoms with Crippen molar-refractivity contribution in [3.05, 3.63) is 0 Å². The maximum Gasteiger partial charge on any atom is 0.00842 e. The highest BCUT2D eigenvalue weighted by Crippen LogP contribution is 2.18. The van der Waals surface area contributed by atoms with Gasteiger partial charge in [0, 0.05) is 18.1 Å². The number of nitrogens with two attached hydrogens (primary N) is 1. The first-order valence-corrected chi connectivity index (χ1v) is 6.09. The maximum absolute atomic E-state index is 5.96. The summed E-state index contributed by atoms with van der Waals surface area (Å²) in [5.74, 6) is 0.787. The largest absolute Gasteiger partial charge is 0.328 e. The quantitative estimate of drug-likeness (QED) is 0.727. The second kappa shape index (κ2) is 5.72. The first kappa shape index (κ1) is 12.0. The Balaban J connectivity index is 2.21. The Labute approximate surface area is 88.6 Å². The van der Waals surface area contributed by atoms with Crippen LogP contribution in [0.5, 0.6) is 0 Å². The number of hydrogen-bond donors (Lipinski definition) is 2. The van der Waals surface area contributed by atoms with Crippen LogP contribution in [0.3, 0.4) is 0 Å². The lowest BCUT2D eigenvalue weighted by atomic mass is 9.90. The molecule has 0 amide bonds. The molecule has 3 unspecified atom stereocenters. The topological polar surface area (TPSA) is 38.0 Å². The van der Waals surface area contributed by atoms with Crippen molar-refractivity contribution in [3.63, 3.8) is 0 Å². The average molecular weight is 198 g/mol. The van der Waals surface area contributed by atoms with E-state index in [4.69, 9.17) is 5.73 Å². The van der Waals surface area contributed by atoms with Crippen LogP contribution in [-0.2, 0) is 0 Å². The van der Waals surface area contributed by atoms with E-state index in [9.17, 15) is 0 Å². The van der Waals surface area contributed by atoms with Gasteiger partial charge in [-0.2, -0.15) is 0 Å². The highest BCUT2D eigenvalue weighted by atomic mass is 15.0. The Morgan fingerprint density at radius 2 is 2.00 bits per heavy atom. The number of hydrogen-bond acceptors (Lipinski definition) is 2. The lowest BCUT2D eigenvalue weighted by Crippen LogP contribution is -2.43. The van der Waals surface area contributed by atoms with Gasteiger partial charge in [-0.3, -0.25) is 0 Å². The van der Waals surface area contributed by atoms with Gasteiger partial charge in [0.05, 0.1) is 0 Å². The summed E-state index contributed by atoms with van der Waals surface area (Å²) in [7, 11) is 0. The molecule has 0 aromatic heterocycles. The second-order valence-corrected chi connectivity index (χ2v) is 5.32. The van der Waals surface area contributed by atoms with Gasteiger partial charge in [-0.1, -0.05) is 20.3 Å². The van der Waals surface area contributed by atoms with Crippen molar-refractivity contribution < 1.29 is 0 Å². The highest BCUT2D eigenvalue weighted by Gasteiger charge is 2.20. The minimum Gasteiger partial charge on any atom is -0.328 e. The van der Waals surface area contributed by atoms with Gasteiger partial charge in [0.2, 0.25) is 0 Å². The van der Waals surface area contributed by atoms with Gasteiger partial charge in [0.25, 0.3) is 0 Å². The molecule has 1 aliphatic carbocycles. The molecule has 0 saturated heterocycles. The van der Waals surface area contributed by atoms with Crippen molar-refractivity contribution in [3.8, 4) is 0 Å². The Kier molecular flexibility index (Phi) is 4.90. The highest BCUT2D eigenvalue weighted by molar-refractivity contribution is 4.81. The van der Waals surface area contributed by atoms with E-state index in [1.54, 1.807) is 0 Å². The summed E-state index contributed by atoms with van der Waals surface area (Å²) in [6.45, 7) is 6.86. The molecule has 0 radical (unpaired) electrons. The Bertz CT molecular complexity index is 156. The van der Waals surface area contributed by atoms with Crippen molar-refractivity contribution >= 4 is 0 Å². The zero-order chi connectivity index (χ0) is 10.6. The first-order valence-electron chi connectivity index (χ1n) is 6.09. The van der Waals surface area contributed by atoms with Crippen LogP contribution in [0.25, 0.3) is 0 Å². The fourth-order valence-corrected chi connectivity index (χ4v) is 2.56. The van der Waals surface area contributed by atoms with Crippen molar-refractivity contribution in [2.45, 2.75) is 71.0 Å². The molecule has 3 N–H and O–H groups in total. The minimum atomic E-state index is 0.437. The van der Waals surface area contributed by atoms with E-state index < -0.39 is 0 Å². The molecule has 0 aromatic rings. The molecule has 3 atom stereocenters. The monoisotopic (exact) mass is 198 g/mol. The lowest BCUT2D eigenvalue weighted by Gasteiger charge is -2.30. The zero-order valence-electron chi connectivity index (χ0n) is 9.92. The molecule has 0 spiro atoms. The lowest BCUT2D eigenvalue weighted by molar-refractivity contribution is 0.301. The first-order chi connectivity index (χ1) is 6.58. The predicted octanol–water partition coefficient (Wildman–Crippen LogP) is 2.28. The number of nitrogens with one attached hydrogen (secondary N) is 1. The normalized spacial score (nSPS) is 30.6. The fraction of sp³-hybridized carbons (Fsp3) is 1.00. The summed E-state index contributed by atoms with van der Waals surface area (Å²) in [6.07, 6.45) is 6.27. The summed E-state index contributed by atoms with van der Waals surface area (Å²) >= 11 is 0. The average Bonchev–Trinajstić information content (AvgIpc) is 2.01. The molecule has 1 saturated carbocycles. The fourth-order valence-electron chi connectivity index (χ4n) is 2.56. The van der Waals surface area contributed by atoms with Crippen molar-refractivity contribution in [1.82, 2.24) is 5.32 Å². The Morgan fingerprint density at radius 3 is 2.57 bits per heavy atom. The van der Waals surface area contributed by atoms with E-state index in [1.807, 2.05) is 0 Å². The van der Waals surface area contributed by atoms with Crippen molar-refractivity contribution in [1.29, 1.82) is 0 Å². The van der Waals surface area contributed by atoms with E-state index in [1.165, 1.54) is 32.1 Å². The summed E-state index contributed by atoms with van der Waals surface area (Å²) in [6, 6.07) is 1.75. The van der Waals surface area contributed by atoms with Crippen LogP contribution in [0.4, 0.5) is 0 Å². The van der Waals surface area contributed by atoms with Crippen LogP contribution in [0.2, 0.25) is 0 Å². The van der Waals surface area contributed by atoms with E-state index in [-0.39, 0.29) is 0 Å². The smallest absolute Gasteiger partial charge is 0.00842 e. The second-order valence-electron chi connectivity index (χ2n) is 5.32. The van der Waals surface area contributed by atoms with Gasteiger partial charge in [0.1, 0.15) is 0 Å². The van der Waals surface area contributed by atoms with Gasteiger partial charge >= 0.3 is 0 Å². The van der Waals surface area contributed by atoms with Crippen molar-refractivity contribution in [2.75, 3.05) is 0 Å². The molecule has 2 nitrogen and oxygen atoms in total. The molecule has 0 aliphatic heterocycles.